The minimum Gasteiger partial charge on any atom is -0.399 e. The molecule has 0 unspecified atom stereocenters. The zero-order valence-corrected chi connectivity index (χ0v) is 14.8. The molecule has 0 fully saturated rings. The summed E-state index contributed by atoms with van der Waals surface area (Å²) in [5.41, 5.74) is 20.9. The summed E-state index contributed by atoms with van der Waals surface area (Å²) in [6, 6.07) is 8.02. The van der Waals surface area contributed by atoms with Crippen molar-refractivity contribution in [3.8, 4) is 11.1 Å². The SMILES string of the molecule is Cc1c(C)c(-c2ccc(N)cc2)c(C)c(C)c1N.Cl.Cl.OO. The molecule has 0 saturated heterocycles. The van der Waals surface area contributed by atoms with E-state index in [-0.39, 0.29) is 24.8 Å². The van der Waals surface area contributed by atoms with Crippen LogP contribution in [0.5, 0.6) is 0 Å². The molecule has 0 amide bonds. The lowest BCUT2D eigenvalue weighted by Crippen LogP contribution is -2.02. The van der Waals surface area contributed by atoms with Crippen molar-refractivity contribution in [2.75, 3.05) is 11.5 Å². The van der Waals surface area contributed by atoms with E-state index in [0.29, 0.717) is 0 Å². The molecule has 0 atom stereocenters. The lowest BCUT2D eigenvalue weighted by Gasteiger charge is -2.18. The second-order valence-corrected chi connectivity index (χ2v) is 4.91. The van der Waals surface area contributed by atoms with Crippen LogP contribution in [0.3, 0.4) is 0 Å². The Kier molecular flexibility index (Phi) is 9.89. The topological polar surface area (TPSA) is 92.5 Å². The molecule has 0 aliphatic heterocycles. The normalized spacial score (nSPS) is 9.00. The van der Waals surface area contributed by atoms with E-state index < -0.39 is 0 Å². The quantitative estimate of drug-likeness (QED) is 0.344. The second kappa shape index (κ2) is 9.54. The van der Waals surface area contributed by atoms with Gasteiger partial charge in [0.15, 0.2) is 0 Å². The highest BCUT2D eigenvalue weighted by Gasteiger charge is 2.13. The first kappa shape index (κ1) is 22.8. The minimum absolute atomic E-state index is 0. The van der Waals surface area contributed by atoms with Gasteiger partial charge in [-0.05, 0) is 73.2 Å². The molecule has 0 bridgehead atoms. The van der Waals surface area contributed by atoms with Crippen molar-refractivity contribution in [1.82, 2.24) is 0 Å². The highest BCUT2D eigenvalue weighted by Crippen LogP contribution is 2.35. The van der Waals surface area contributed by atoms with Crippen molar-refractivity contribution in [2.45, 2.75) is 27.7 Å². The van der Waals surface area contributed by atoms with Crippen LogP contribution in [0.15, 0.2) is 24.3 Å². The van der Waals surface area contributed by atoms with Gasteiger partial charge in [0.2, 0.25) is 0 Å². The van der Waals surface area contributed by atoms with Gasteiger partial charge in [0, 0.05) is 11.4 Å². The number of anilines is 2. The van der Waals surface area contributed by atoms with Gasteiger partial charge in [-0.3, -0.25) is 10.5 Å². The molecule has 2 aromatic carbocycles. The van der Waals surface area contributed by atoms with E-state index in [1.807, 2.05) is 12.1 Å². The molecule has 0 aliphatic carbocycles. The monoisotopic (exact) mass is 346 g/mol. The zero-order valence-electron chi connectivity index (χ0n) is 13.2. The van der Waals surface area contributed by atoms with E-state index in [9.17, 15) is 0 Å². The van der Waals surface area contributed by atoms with E-state index in [1.165, 1.54) is 33.4 Å². The Hall–Kier alpha value is -1.46. The van der Waals surface area contributed by atoms with Gasteiger partial charge in [0.05, 0.1) is 0 Å². The summed E-state index contributed by atoms with van der Waals surface area (Å²) in [7, 11) is 0. The lowest BCUT2D eigenvalue weighted by molar-refractivity contribution is -0.176. The Morgan fingerprint density at radius 2 is 1.05 bits per heavy atom. The molecule has 0 aliphatic rings. The fourth-order valence-corrected chi connectivity index (χ4v) is 2.42. The zero-order chi connectivity index (χ0) is 15.4. The molecular formula is C16H24Cl2N2O2. The summed E-state index contributed by atoms with van der Waals surface area (Å²) in [5, 5.41) is 12.0. The summed E-state index contributed by atoms with van der Waals surface area (Å²) in [6.07, 6.45) is 0. The summed E-state index contributed by atoms with van der Waals surface area (Å²) in [6.45, 7) is 8.42. The maximum Gasteiger partial charge on any atom is 0.0379 e. The molecule has 6 N–H and O–H groups in total. The molecule has 124 valence electrons. The third-order valence-corrected chi connectivity index (χ3v) is 3.88. The van der Waals surface area contributed by atoms with Gasteiger partial charge in [-0.25, -0.2) is 0 Å². The smallest absolute Gasteiger partial charge is 0.0379 e. The van der Waals surface area contributed by atoms with Crippen LogP contribution in [-0.4, -0.2) is 10.5 Å². The fourth-order valence-electron chi connectivity index (χ4n) is 2.42. The van der Waals surface area contributed by atoms with Gasteiger partial charge in [-0.15, -0.1) is 24.8 Å². The molecule has 0 radical (unpaired) electrons. The van der Waals surface area contributed by atoms with Crippen LogP contribution in [0.4, 0.5) is 11.4 Å². The predicted octanol–water partition coefficient (Wildman–Crippen LogP) is 4.61. The van der Waals surface area contributed by atoms with Gasteiger partial charge < -0.3 is 11.5 Å². The van der Waals surface area contributed by atoms with Crippen molar-refractivity contribution in [3.63, 3.8) is 0 Å². The van der Waals surface area contributed by atoms with Crippen molar-refractivity contribution >= 4 is 36.2 Å². The largest absolute Gasteiger partial charge is 0.399 e. The van der Waals surface area contributed by atoms with Gasteiger partial charge in [0.25, 0.3) is 0 Å². The first-order chi connectivity index (χ1) is 9.43. The van der Waals surface area contributed by atoms with E-state index in [2.05, 4.69) is 39.8 Å². The van der Waals surface area contributed by atoms with Gasteiger partial charge in [-0.1, -0.05) is 12.1 Å². The first-order valence-corrected chi connectivity index (χ1v) is 6.35. The Balaban J connectivity index is 0. The lowest BCUT2D eigenvalue weighted by atomic mass is 9.88. The summed E-state index contributed by atoms with van der Waals surface area (Å²) in [5.74, 6) is 0. The Labute approximate surface area is 143 Å². The summed E-state index contributed by atoms with van der Waals surface area (Å²) in [4.78, 5) is 0. The summed E-state index contributed by atoms with van der Waals surface area (Å²) < 4.78 is 0. The van der Waals surface area contributed by atoms with E-state index in [4.69, 9.17) is 22.0 Å². The highest BCUT2D eigenvalue weighted by atomic mass is 35.5. The standard InChI is InChI=1S/C16H20N2.2ClH.H2O2/c1-9-11(3)16(18)12(4)10(2)15(9)13-5-7-14(17)8-6-13;;;1-2/h5-8H,17-18H2,1-4H3;2*1H;1-2H. The average Bonchev–Trinajstić information content (AvgIpc) is 2.47. The van der Waals surface area contributed by atoms with Crippen molar-refractivity contribution in [3.05, 3.63) is 46.5 Å². The fraction of sp³-hybridized carbons (Fsp3) is 0.250. The van der Waals surface area contributed by atoms with Gasteiger partial charge in [0.1, 0.15) is 0 Å². The number of rotatable bonds is 1. The van der Waals surface area contributed by atoms with E-state index >= 15 is 0 Å². The number of benzene rings is 2. The van der Waals surface area contributed by atoms with Crippen LogP contribution in [0.1, 0.15) is 22.3 Å². The third-order valence-electron chi connectivity index (χ3n) is 3.88. The molecule has 4 nitrogen and oxygen atoms in total. The average molecular weight is 347 g/mol. The third kappa shape index (κ3) is 4.27. The Bertz CT molecular complexity index is 586. The number of hydrogen-bond acceptors (Lipinski definition) is 4. The van der Waals surface area contributed by atoms with Crippen LogP contribution in [0.25, 0.3) is 11.1 Å². The van der Waals surface area contributed by atoms with Crippen LogP contribution in [0, 0.1) is 27.7 Å². The maximum atomic E-state index is 6.13. The van der Waals surface area contributed by atoms with E-state index in [0.717, 1.165) is 11.4 Å². The Morgan fingerprint density at radius 1 is 0.682 bits per heavy atom. The molecule has 22 heavy (non-hydrogen) atoms. The molecule has 0 saturated carbocycles. The minimum atomic E-state index is 0. The molecule has 2 rings (SSSR count). The van der Waals surface area contributed by atoms with Crippen molar-refractivity contribution in [2.24, 2.45) is 0 Å². The molecule has 2 aromatic rings. The van der Waals surface area contributed by atoms with Gasteiger partial charge in [-0.2, -0.15) is 0 Å². The van der Waals surface area contributed by atoms with Gasteiger partial charge >= 0.3 is 0 Å². The predicted molar refractivity (Wildman–Crippen MR) is 99.4 cm³/mol. The van der Waals surface area contributed by atoms with E-state index in [1.54, 1.807) is 0 Å². The molecule has 0 heterocycles. The van der Waals surface area contributed by atoms with Crippen LogP contribution >= 0.6 is 24.8 Å². The maximum absolute atomic E-state index is 6.13. The van der Waals surface area contributed by atoms with Crippen molar-refractivity contribution < 1.29 is 10.5 Å². The highest BCUT2D eigenvalue weighted by molar-refractivity contribution is 5.85. The van der Waals surface area contributed by atoms with Crippen LogP contribution < -0.4 is 11.5 Å². The van der Waals surface area contributed by atoms with Crippen molar-refractivity contribution in [1.29, 1.82) is 0 Å². The summed E-state index contributed by atoms with van der Waals surface area (Å²) >= 11 is 0. The molecule has 6 heteroatoms. The van der Waals surface area contributed by atoms with Crippen LogP contribution in [-0.2, 0) is 0 Å². The Morgan fingerprint density at radius 3 is 1.41 bits per heavy atom. The second-order valence-electron chi connectivity index (χ2n) is 4.91. The number of halogens is 2. The number of nitrogens with two attached hydrogens (primary N) is 2. The molecule has 0 aromatic heterocycles. The molecule has 0 spiro atoms. The number of hydrogen-bond donors (Lipinski definition) is 4. The molecular weight excluding hydrogens is 323 g/mol. The number of nitrogen functional groups attached to an aromatic ring is 2. The first-order valence-electron chi connectivity index (χ1n) is 6.35. The van der Waals surface area contributed by atoms with Crippen LogP contribution in [0.2, 0.25) is 0 Å².